The first-order valence-electron chi connectivity index (χ1n) is 11.2. The van der Waals surface area contributed by atoms with Crippen LogP contribution in [-0.2, 0) is 4.79 Å². The van der Waals surface area contributed by atoms with Gasteiger partial charge in [-0.1, -0.05) is 43.5 Å². The molecular weight excluding hydrogens is 374 g/mol. The van der Waals surface area contributed by atoms with Crippen molar-refractivity contribution in [1.29, 1.82) is 0 Å². The second-order valence-corrected chi connectivity index (χ2v) is 8.62. The quantitative estimate of drug-likeness (QED) is 0.822. The summed E-state index contributed by atoms with van der Waals surface area (Å²) >= 11 is 0. The van der Waals surface area contributed by atoms with E-state index in [9.17, 15) is 9.59 Å². The number of carbonyl (C=O) groups is 2. The topological polar surface area (TPSA) is 62.3 Å². The largest absolute Gasteiger partial charge is 0.353 e. The molecule has 5 nitrogen and oxygen atoms in total. The van der Waals surface area contributed by atoms with Crippen molar-refractivity contribution >= 4 is 11.8 Å². The number of nitrogens with zero attached hydrogens (tertiary/aromatic N) is 2. The predicted molar refractivity (Wildman–Crippen MR) is 118 cm³/mol. The van der Waals surface area contributed by atoms with Crippen molar-refractivity contribution in [1.82, 2.24) is 15.2 Å². The number of hydrogen-bond donors (Lipinski definition) is 1. The highest BCUT2D eigenvalue weighted by Crippen LogP contribution is 2.27. The highest BCUT2D eigenvalue weighted by Gasteiger charge is 2.30. The molecule has 4 rings (SSSR count). The molecule has 1 N–H and O–H groups in total. The first kappa shape index (κ1) is 20.6. The van der Waals surface area contributed by atoms with Crippen LogP contribution in [0.15, 0.2) is 42.6 Å². The lowest BCUT2D eigenvalue weighted by Gasteiger charge is -2.33. The number of piperidine rings is 1. The van der Waals surface area contributed by atoms with Gasteiger partial charge in [0.15, 0.2) is 0 Å². The molecule has 1 aromatic heterocycles. The molecule has 2 aromatic rings. The Hall–Kier alpha value is -2.69. The molecule has 0 atom stereocenters. The molecule has 30 heavy (non-hydrogen) atoms. The van der Waals surface area contributed by atoms with Crippen LogP contribution in [0.5, 0.6) is 0 Å². The number of aromatic nitrogens is 1. The summed E-state index contributed by atoms with van der Waals surface area (Å²) in [6.45, 7) is 3.27. The minimum Gasteiger partial charge on any atom is -0.353 e. The summed E-state index contributed by atoms with van der Waals surface area (Å²) in [5.74, 6) is 0.198. The normalized spacial score (nSPS) is 18.2. The van der Waals surface area contributed by atoms with E-state index in [2.05, 4.69) is 10.3 Å². The number of aryl methyl sites for hydroxylation is 1. The van der Waals surface area contributed by atoms with Gasteiger partial charge in [-0.25, -0.2) is 0 Å². The standard InChI is InChI=1S/C25H31N3O2/c1-18-8-5-6-11-21(18)23-22(12-7-15-26-23)25(30)28-16-13-19(14-17-28)24(29)27-20-9-3-2-4-10-20/h5-8,11-12,15,19-20H,2-4,9-10,13-14,16-17H2,1H3,(H,27,29). The third-order valence-corrected chi connectivity index (χ3v) is 6.54. The van der Waals surface area contributed by atoms with Crippen molar-refractivity contribution in [3.63, 3.8) is 0 Å². The van der Waals surface area contributed by atoms with E-state index in [4.69, 9.17) is 0 Å². The molecule has 1 aliphatic carbocycles. The van der Waals surface area contributed by atoms with Crippen molar-refractivity contribution < 1.29 is 9.59 Å². The molecule has 0 unspecified atom stereocenters. The SMILES string of the molecule is Cc1ccccc1-c1ncccc1C(=O)N1CCC(C(=O)NC2CCCCC2)CC1. The summed E-state index contributed by atoms with van der Waals surface area (Å²) < 4.78 is 0. The predicted octanol–water partition coefficient (Wildman–Crippen LogP) is 4.36. The third kappa shape index (κ3) is 4.55. The average Bonchev–Trinajstić information content (AvgIpc) is 2.80. The number of benzene rings is 1. The molecule has 5 heteroatoms. The van der Waals surface area contributed by atoms with Crippen LogP contribution in [0.4, 0.5) is 0 Å². The number of likely N-dealkylation sites (tertiary alicyclic amines) is 1. The van der Waals surface area contributed by atoms with Gasteiger partial charge in [-0.15, -0.1) is 0 Å². The summed E-state index contributed by atoms with van der Waals surface area (Å²) in [4.78, 5) is 32.3. The zero-order valence-electron chi connectivity index (χ0n) is 17.8. The van der Waals surface area contributed by atoms with Crippen molar-refractivity contribution in [2.24, 2.45) is 5.92 Å². The third-order valence-electron chi connectivity index (χ3n) is 6.54. The molecular formula is C25H31N3O2. The molecule has 1 aromatic carbocycles. The second kappa shape index (κ2) is 9.41. The Balaban J connectivity index is 1.40. The van der Waals surface area contributed by atoms with Crippen LogP contribution in [0.3, 0.4) is 0 Å². The molecule has 2 fully saturated rings. The Kier molecular flexibility index (Phi) is 6.46. The lowest BCUT2D eigenvalue weighted by Crippen LogP contribution is -2.45. The molecule has 0 spiro atoms. The number of pyridine rings is 1. The number of hydrogen-bond acceptors (Lipinski definition) is 3. The molecule has 0 bridgehead atoms. The molecule has 2 aliphatic rings. The lowest BCUT2D eigenvalue weighted by molar-refractivity contribution is -0.127. The maximum absolute atomic E-state index is 13.3. The van der Waals surface area contributed by atoms with E-state index < -0.39 is 0 Å². The summed E-state index contributed by atoms with van der Waals surface area (Å²) in [6, 6.07) is 12.0. The van der Waals surface area contributed by atoms with Gasteiger partial charge in [0.05, 0.1) is 11.3 Å². The molecule has 1 saturated heterocycles. The van der Waals surface area contributed by atoms with Crippen LogP contribution in [0.1, 0.15) is 60.9 Å². The monoisotopic (exact) mass is 405 g/mol. The molecule has 0 radical (unpaired) electrons. The Morgan fingerprint density at radius 2 is 1.70 bits per heavy atom. The molecule has 1 aliphatic heterocycles. The van der Waals surface area contributed by atoms with Gasteiger partial charge in [-0.3, -0.25) is 14.6 Å². The summed E-state index contributed by atoms with van der Waals surface area (Å²) in [7, 11) is 0. The fourth-order valence-electron chi connectivity index (χ4n) is 4.71. The Morgan fingerprint density at radius 3 is 2.43 bits per heavy atom. The highest BCUT2D eigenvalue weighted by atomic mass is 16.2. The summed E-state index contributed by atoms with van der Waals surface area (Å²) in [6.07, 6.45) is 9.11. The number of nitrogens with one attached hydrogen (secondary N) is 1. The zero-order valence-corrected chi connectivity index (χ0v) is 17.8. The smallest absolute Gasteiger partial charge is 0.256 e. The number of rotatable bonds is 4. The maximum atomic E-state index is 13.3. The maximum Gasteiger partial charge on any atom is 0.256 e. The van der Waals surface area contributed by atoms with Crippen LogP contribution >= 0.6 is 0 Å². The number of carbonyl (C=O) groups excluding carboxylic acids is 2. The van der Waals surface area contributed by atoms with Crippen molar-refractivity contribution in [3.8, 4) is 11.3 Å². The van der Waals surface area contributed by atoms with Gasteiger partial charge in [0.2, 0.25) is 5.91 Å². The molecule has 2 heterocycles. The molecule has 2 amide bonds. The summed E-state index contributed by atoms with van der Waals surface area (Å²) in [5, 5.41) is 3.25. The Labute approximate surface area is 178 Å². The Bertz CT molecular complexity index is 897. The van der Waals surface area contributed by atoms with E-state index >= 15 is 0 Å². The first-order chi connectivity index (χ1) is 14.6. The van der Waals surface area contributed by atoms with Crippen LogP contribution in [0.25, 0.3) is 11.3 Å². The van der Waals surface area contributed by atoms with Gasteiger partial charge in [-0.2, -0.15) is 0 Å². The molecule has 158 valence electrons. The van der Waals surface area contributed by atoms with Gasteiger partial charge >= 0.3 is 0 Å². The second-order valence-electron chi connectivity index (χ2n) is 8.62. The minimum atomic E-state index is 0.00694. The number of amides is 2. The van der Waals surface area contributed by atoms with E-state index in [1.165, 1.54) is 19.3 Å². The van der Waals surface area contributed by atoms with Gasteiger partial charge < -0.3 is 10.2 Å². The summed E-state index contributed by atoms with van der Waals surface area (Å²) in [5.41, 5.74) is 3.46. The average molecular weight is 406 g/mol. The van der Waals surface area contributed by atoms with Gasteiger partial charge in [0, 0.05) is 36.8 Å². The van der Waals surface area contributed by atoms with Crippen LogP contribution in [0, 0.1) is 12.8 Å². The zero-order chi connectivity index (χ0) is 20.9. The van der Waals surface area contributed by atoms with Crippen molar-refractivity contribution in [2.45, 2.75) is 57.9 Å². The van der Waals surface area contributed by atoms with Gasteiger partial charge in [0.1, 0.15) is 0 Å². The highest BCUT2D eigenvalue weighted by molar-refractivity contribution is 6.00. The minimum absolute atomic E-state index is 0.00694. The van der Waals surface area contributed by atoms with E-state index in [0.717, 1.165) is 42.5 Å². The molecule has 1 saturated carbocycles. The van der Waals surface area contributed by atoms with E-state index in [1.54, 1.807) is 6.20 Å². The van der Waals surface area contributed by atoms with Crippen LogP contribution < -0.4 is 5.32 Å². The van der Waals surface area contributed by atoms with E-state index in [0.29, 0.717) is 24.7 Å². The van der Waals surface area contributed by atoms with Crippen molar-refractivity contribution in [3.05, 3.63) is 53.7 Å². The van der Waals surface area contributed by atoms with Gasteiger partial charge in [-0.05, 0) is 50.3 Å². The first-order valence-corrected chi connectivity index (χ1v) is 11.2. The fourth-order valence-corrected chi connectivity index (χ4v) is 4.71. The Morgan fingerprint density at radius 1 is 0.967 bits per heavy atom. The van der Waals surface area contributed by atoms with Crippen molar-refractivity contribution in [2.75, 3.05) is 13.1 Å². The lowest BCUT2D eigenvalue weighted by atomic mass is 9.92. The van der Waals surface area contributed by atoms with E-state index in [1.807, 2.05) is 48.2 Å². The van der Waals surface area contributed by atoms with Crippen LogP contribution in [0.2, 0.25) is 0 Å². The van der Waals surface area contributed by atoms with Crippen LogP contribution in [-0.4, -0.2) is 40.8 Å². The fraction of sp³-hybridized carbons (Fsp3) is 0.480. The van der Waals surface area contributed by atoms with Gasteiger partial charge in [0.25, 0.3) is 5.91 Å². The van der Waals surface area contributed by atoms with E-state index in [-0.39, 0.29) is 17.7 Å².